The zero-order chi connectivity index (χ0) is 20.0. The summed E-state index contributed by atoms with van der Waals surface area (Å²) >= 11 is 0. The Morgan fingerprint density at radius 1 is 1.07 bits per heavy atom. The molecular formula is C21H27N3O3S. The zero-order valence-corrected chi connectivity index (χ0v) is 17.0. The SMILES string of the molecule is Cc1cccc(NS(=O)(=O)c2cccc(C(=O)NCCCN3CCCC3)c2)c1. The molecule has 28 heavy (non-hydrogen) atoms. The molecule has 0 saturated carbocycles. The normalized spacial score (nSPS) is 14.8. The standard InChI is InChI=1S/C21H27N3O3S/c1-17-7-4-9-19(15-17)23-28(26,27)20-10-5-8-18(16-20)21(25)22-11-6-14-24-12-2-3-13-24/h4-5,7-10,15-16,23H,2-3,6,11-14H2,1H3,(H,22,25). The first-order valence-electron chi connectivity index (χ1n) is 9.64. The molecule has 2 aromatic carbocycles. The number of benzene rings is 2. The van der Waals surface area contributed by atoms with Gasteiger partial charge in [-0.3, -0.25) is 9.52 Å². The van der Waals surface area contributed by atoms with Crippen LogP contribution in [-0.2, 0) is 10.0 Å². The highest BCUT2D eigenvalue weighted by Crippen LogP contribution is 2.18. The average Bonchev–Trinajstić information content (AvgIpc) is 3.18. The molecule has 0 radical (unpaired) electrons. The molecule has 0 aliphatic carbocycles. The summed E-state index contributed by atoms with van der Waals surface area (Å²) in [5.74, 6) is -0.256. The van der Waals surface area contributed by atoms with Crippen LogP contribution in [0.1, 0.15) is 35.2 Å². The van der Waals surface area contributed by atoms with Crippen molar-refractivity contribution in [3.05, 3.63) is 59.7 Å². The van der Waals surface area contributed by atoms with E-state index in [4.69, 9.17) is 0 Å². The summed E-state index contributed by atoms with van der Waals surface area (Å²) < 4.78 is 27.9. The minimum atomic E-state index is -3.76. The number of aryl methyl sites for hydroxylation is 1. The molecule has 1 heterocycles. The second-order valence-electron chi connectivity index (χ2n) is 7.16. The predicted molar refractivity (Wildman–Crippen MR) is 111 cm³/mol. The topological polar surface area (TPSA) is 78.5 Å². The van der Waals surface area contributed by atoms with Gasteiger partial charge in [-0.05, 0) is 81.7 Å². The molecule has 0 bridgehead atoms. The molecule has 7 heteroatoms. The highest BCUT2D eigenvalue weighted by molar-refractivity contribution is 7.92. The molecule has 0 aromatic heterocycles. The van der Waals surface area contributed by atoms with Crippen molar-refractivity contribution in [3.63, 3.8) is 0 Å². The van der Waals surface area contributed by atoms with Crippen LogP contribution >= 0.6 is 0 Å². The van der Waals surface area contributed by atoms with Gasteiger partial charge in [0.2, 0.25) is 0 Å². The quantitative estimate of drug-likeness (QED) is 0.667. The Morgan fingerprint density at radius 2 is 1.82 bits per heavy atom. The van der Waals surface area contributed by atoms with E-state index in [0.717, 1.165) is 31.6 Å². The highest BCUT2D eigenvalue weighted by atomic mass is 32.2. The van der Waals surface area contributed by atoms with Gasteiger partial charge in [0.25, 0.3) is 15.9 Å². The second kappa shape index (κ2) is 9.21. The number of hydrogen-bond donors (Lipinski definition) is 2. The van der Waals surface area contributed by atoms with Gasteiger partial charge in [0.05, 0.1) is 4.90 Å². The van der Waals surface area contributed by atoms with Crippen LogP contribution in [0.5, 0.6) is 0 Å². The largest absolute Gasteiger partial charge is 0.352 e. The lowest BCUT2D eigenvalue weighted by molar-refractivity contribution is 0.0952. The summed E-state index contributed by atoms with van der Waals surface area (Å²) in [5.41, 5.74) is 1.80. The van der Waals surface area contributed by atoms with E-state index in [9.17, 15) is 13.2 Å². The molecule has 2 N–H and O–H groups in total. The number of likely N-dealkylation sites (tertiary alicyclic amines) is 1. The van der Waals surface area contributed by atoms with Crippen LogP contribution in [-0.4, -0.2) is 45.4 Å². The Balaban J connectivity index is 1.59. The van der Waals surface area contributed by atoms with Crippen LogP contribution in [0.15, 0.2) is 53.4 Å². The second-order valence-corrected chi connectivity index (χ2v) is 8.84. The average molecular weight is 402 g/mol. The smallest absolute Gasteiger partial charge is 0.261 e. The van der Waals surface area contributed by atoms with E-state index in [1.165, 1.54) is 25.0 Å². The van der Waals surface area contributed by atoms with Gasteiger partial charge in [-0.2, -0.15) is 0 Å². The molecule has 6 nitrogen and oxygen atoms in total. The maximum atomic E-state index is 12.6. The summed E-state index contributed by atoms with van der Waals surface area (Å²) in [6.07, 6.45) is 3.40. The van der Waals surface area contributed by atoms with Gasteiger partial charge >= 0.3 is 0 Å². The van der Waals surface area contributed by atoms with Gasteiger partial charge < -0.3 is 10.2 Å². The van der Waals surface area contributed by atoms with Crippen LogP contribution in [0.3, 0.4) is 0 Å². The van der Waals surface area contributed by atoms with E-state index in [2.05, 4.69) is 14.9 Å². The number of nitrogens with zero attached hydrogens (tertiary/aromatic N) is 1. The summed E-state index contributed by atoms with van der Waals surface area (Å²) in [6.45, 7) is 5.74. The minimum Gasteiger partial charge on any atom is -0.352 e. The first-order valence-corrected chi connectivity index (χ1v) is 11.1. The molecule has 2 aromatic rings. The third kappa shape index (κ3) is 5.56. The van der Waals surface area contributed by atoms with E-state index >= 15 is 0 Å². The van der Waals surface area contributed by atoms with E-state index in [1.807, 2.05) is 13.0 Å². The van der Waals surface area contributed by atoms with Crippen molar-refractivity contribution in [3.8, 4) is 0 Å². The van der Waals surface area contributed by atoms with Gasteiger partial charge in [0.1, 0.15) is 0 Å². The first kappa shape index (κ1) is 20.4. The van der Waals surface area contributed by atoms with Crippen LogP contribution < -0.4 is 10.0 Å². The van der Waals surface area contributed by atoms with Crippen molar-refractivity contribution in [2.75, 3.05) is 30.9 Å². The fourth-order valence-corrected chi connectivity index (χ4v) is 4.43. The number of rotatable bonds is 8. The number of amides is 1. The Morgan fingerprint density at radius 3 is 2.57 bits per heavy atom. The van der Waals surface area contributed by atoms with Crippen molar-refractivity contribution in [1.29, 1.82) is 0 Å². The third-order valence-corrected chi connectivity index (χ3v) is 6.19. The van der Waals surface area contributed by atoms with Crippen molar-refractivity contribution in [2.45, 2.75) is 31.1 Å². The zero-order valence-electron chi connectivity index (χ0n) is 16.1. The van der Waals surface area contributed by atoms with Gasteiger partial charge in [-0.15, -0.1) is 0 Å². The number of carbonyl (C=O) groups excluding carboxylic acids is 1. The fraction of sp³-hybridized carbons (Fsp3) is 0.381. The van der Waals surface area contributed by atoms with E-state index in [0.29, 0.717) is 17.8 Å². The van der Waals surface area contributed by atoms with Gasteiger partial charge in [-0.25, -0.2) is 8.42 Å². The van der Waals surface area contributed by atoms with Gasteiger partial charge in [-0.1, -0.05) is 18.2 Å². The fourth-order valence-electron chi connectivity index (χ4n) is 3.34. The Hall–Kier alpha value is -2.38. The molecule has 1 aliphatic rings. The molecule has 1 aliphatic heterocycles. The van der Waals surface area contributed by atoms with Crippen molar-refractivity contribution in [1.82, 2.24) is 10.2 Å². The number of carbonyl (C=O) groups is 1. The van der Waals surface area contributed by atoms with E-state index in [1.54, 1.807) is 30.3 Å². The highest BCUT2D eigenvalue weighted by Gasteiger charge is 2.17. The minimum absolute atomic E-state index is 0.0683. The van der Waals surface area contributed by atoms with Crippen LogP contribution in [0.25, 0.3) is 0 Å². The summed E-state index contributed by atoms with van der Waals surface area (Å²) in [7, 11) is -3.76. The van der Waals surface area contributed by atoms with E-state index < -0.39 is 10.0 Å². The van der Waals surface area contributed by atoms with Crippen LogP contribution in [0.2, 0.25) is 0 Å². The maximum Gasteiger partial charge on any atom is 0.261 e. The molecule has 0 atom stereocenters. The Kier molecular flexibility index (Phi) is 6.70. The molecular weight excluding hydrogens is 374 g/mol. The Labute approximate surface area is 167 Å². The number of sulfonamides is 1. The summed E-state index contributed by atoms with van der Waals surface area (Å²) in [6, 6.07) is 13.3. The number of hydrogen-bond acceptors (Lipinski definition) is 4. The maximum absolute atomic E-state index is 12.6. The summed E-state index contributed by atoms with van der Waals surface area (Å²) in [4.78, 5) is 14.9. The van der Waals surface area contributed by atoms with Crippen LogP contribution in [0, 0.1) is 6.92 Å². The molecule has 1 amide bonds. The molecule has 1 saturated heterocycles. The molecule has 0 unspecified atom stereocenters. The lowest BCUT2D eigenvalue weighted by Crippen LogP contribution is -2.28. The van der Waals surface area contributed by atoms with Crippen LogP contribution in [0.4, 0.5) is 5.69 Å². The lowest BCUT2D eigenvalue weighted by Gasteiger charge is -2.14. The van der Waals surface area contributed by atoms with Crippen molar-refractivity contribution < 1.29 is 13.2 Å². The van der Waals surface area contributed by atoms with Gasteiger partial charge in [0, 0.05) is 17.8 Å². The third-order valence-electron chi connectivity index (χ3n) is 4.81. The molecule has 0 spiro atoms. The molecule has 3 rings (SSSR count). The van der Waals surface area contributed by atoms with Crippen molar-refractivity contribution >= 4 is 21.6 Å². The number of anilines is 1. The molecule has 150 valence electrons. The van der Waals surface area contributed by atoms with Crippen molar-refractivity contribution in [2.24, 2.45) is 0 Å². The molecule has 1 fully saturated rings. The van der Waals surface area contributed by atoms with E-state index in [-0.39, 0.29) is 10.8 Å². The van der Waals surface area contributed by atoms with Gasteiger partial charge in [0.15, 0.2) is 0 Å². The summed E-state index contributed by atoms with van der Waals surface area (Å²) in [5, 5.41) is 2.88. The first-order chi connectivity index (χ1) is 13.4. The number of nitrogens with one attached hydrogen (secondary N) is 2. The Bertz CT molecular complexity index is 922. The predicted octanol–water partition coefficient (Wildman–Crippen LogP) is 3.01. The monoisotopic (exact) mass is 401 g/mol. The lowest BCUT2D eigenvalue weighted by atomic mass is 10.2.